The van der Waals surface area contributed by atoms with Crippen LogP contribution in [0.5, 0.6) is 0 Å². The largest absolute Gasteiger partial charge is 0.456 e. The van der Waals surface area contributed by atoms with E-state index in [2.05, 4.69) is 258 Å². The van der Waals surface area contributed by atoms with Crippen molar-refractivity contribution >= 4 is 65.6 Å². The van der Waals surface area contributed by atoms with Crippen LogP contribution in [0.1, 0.15) is 22.6 Å². The Morgan fingerprint density at radius 2 is 0.771 bits per heavy atom. The maximum atomic E-state index is 6.63. The monoisotopic (exact) mass is 890 g/mol. The normalized spacial score (nSPS) is 13.3. The van der Waals surface area contributed by atoms with E-state index in [1.54, 1.807) is 0 Å². The fourth-order valence-electron chi connectivity index (χ4n) is 11.9. The number of hydrogen-bond donors (Lipinski definition) is 0. The summed E-state index contributed by atoms with van der Waals surface area (Å²) in [4.78, 5) is 0. The summed E-state index contributed by atoms with van der Waals surface area (Å²) in [5, 5.41) is 7.14. The predicted octanol–water partition coefficient (Wildman–Crippen LogP) is 17.9. The van der Waals surface area contributed by atoms with E-state index >= 15 is 0 Å². The SMILES string of the molecule is c1ccc(C2c3ccccc3-c3ccc(-c4ccc5c(c4)c4cc(-c6ccc7oc8cccc(-c9ccc%10c(c9)c9ccccc9n%10-c9ccccc9)c8c7c6)ccc4n5-c4ccccc4)cc32)cc1. The van der Waals surface area contributed by atoms with Gasteiger partial charge >= 0.3 is 0 Å². The molecule has 3 heteroatoms. The van der Waals surface area contributed by atoms with Gasteiger partial charge in [0.05, 0.1) is 22.1 Å². The highest BCUT2D eigenvalue weighted by Crippen LogP contribution is 2.50. The molecule has 0 amide bonds. The fourth-order valence-corrected chi connectivity index (χ4v) is 11.9. The lowest BCUT2D eigenvalue weighted by molar-refractivity contribution is 0.669. The molecule has 14 aromatic rings. The van der Waals surface area contributed by atoms with Gasteiger partial charge in [-0.3, -0.25) is 0 Å². The summed E-state index contributed by atoms with van der Waals surface area (Å²) in [5.74, 6) is 0.191. The highest BCUT2D eigenvalue weighted by molar-refractivity contribution is 6.16. The van der Waals surface area contributed by atoms with E-state index in [0.717, 1.165) is 55.6 Å². The number of benzene rings is 11. The summed E-state index contributed by atoms with van der Waals surface area (Å²) < 4.78 is 11.4. The molecule has 0 radical (unpaired) electrons. The van der Waals surface area contributed by atoms with E-state index < -0.39 is 0 Å². The molecule has 70 heavy (non-hydrogen) atoms. The number of furan rings is 1. The summed E-state index contributed by atoms with van der Waals surface area (Å²) in [6, 6.07) is 91.2. The van der Waals surface area contributed by atoms with Crippen LogP contribution in [0.2, 0.25) is 0 Å². The second-order valence-electron chi connectivity index (χ2n) is 18.8. The standard InChI is InChI=1S/C67H42N2O/c1-4-15-42(16-5-1)66-54-23-11-10-21-51(54)52-32-27-43(39-58(52)66)44-28-33-62-56(37-44)57-38-45(29-34-63(57)69(62)49-19-8-3-9-20-49)46-31-36-64-59(40-46)67-50(24-14-26-65(67)70-64)47-30-35-61-55(41-47)53-22-12-13-25-60(53)68(61)48-17-6-2-7-18-48/h1-41,66H. The van der Waals surface area contributed by atoms with E-state index in [1.165, 1.54) is 82.6 Å². The van der Waals surface area contributed by atoms with Crippen molar-refractivity contribution in [2.24, 2.45) is 0 Å². The van der Waals surface area contributed by atoms with Gasteiger partial charge in [-0.2, -0.15) is 0 Å². The van der Waals surface area contributed by atoms with Gasteiger partial charge in [-0.15, -0.1) is 0 Å². The lowest BCUT2D eigenvalue weighted by Crippen LogP contribution is -1.99. The topological polar surface area (TPSA) is 23.0 Å². The molecule has 0 saturated carbocycles. The van der Waals surface area contributed by atoms with E-state index in [9.17, 15) is 0 Å². The van der Waals surface area contributed by atoms with Crippen LogP contribution < -0.4 is 0 Å². The van der Waals surface area contributed by atoms with Crippen LogP contribution in [0.15, 0.2) is 253 Å². The van der Waals surface area contributed by atoms with Gasteiger partial charge in [0.2, 0.25) is 0 Å². The average Bonchev–Trinajstić information content (AvgIpc) is 4.17. The van der Waals surface area contributed by atoms with Crippen molar-refractivity contribution in [3.05, 3.63) is 265 Å². The first-order valence-corrected chi connectivity index (χ1v) is 24.2. The molecule has 326 valence electrons. The predicted molar refractivity (Wildman–Crippen MR) is 292 cm³/mol. The van der Waals surface area contributed by atoms with E-state index in [0.29, 0.717) is 0 Å². The Hall–Kier alpha value is -9.18. The summed E-state index contributed by atoms with van der Waals surface area (Å²) in [6.07, 6.45) is 0. The lowest BCUT2D eigenvalue weighted by Gasteiger charge is -2.15. The third kappa shape index (κ3) is 5.82. The van der Waals surface area contributed by atoms with Gasteiger partial charge < -0.3 is 13.6 Å². The third-order valence-corrected chi connectivity index (χ3v) is 15.0. The van der Waals surface area contributed by atoms with Crippen LogP contribution in [-0.2, 0) is 0 Å². The molecule has 1 aliphatic carbocycles. The number of nitrogens with zero attached hydrogens (tertiary/aromatic N) is 2. The molecule has 1 atom stereocenters. The van der Waals surface area contributed by atoms with Gasteiger partial charge in [0.15, 0.2) is 0 Å². The Bertz CT molecular complexity index is 4400. The van der Waals surface area contributed by atoms with Crippen LogP contribution in [0.3, 0.4) is 0 Å². The molecule has 3 aromatic heterocycles. The van der Waals surface area contributed by atoms with Crippen molar-refractivity contribution in [2.45, 2.75) is 5.92 Å². The maximum Gasteiger partial charge on any atom is 0.136 e. The zero-order valence-electron chi connectivity index (χ0n) is 38.1. The van der Waals surface area contributed by atoms with Crippen LogP contribution in [-0.4, -0.2) is 9.13 Å². The first-order chi connectivity index (χ1) is 34.7. The summed E-state index contributed by atoms with van der Waals surface area (Å²) in [6.45, 7) is 0. The number of fused-ring (bicyclic) bond motifs is 12. The van der Waals surface area contributed by atoms with E-state index in [1.807, 2.05) is 0 Å². The van der Waals surface area contributed by atoms with Crippen molar-refractivity contribution in [3.8, 4) is 55.9 Å². The second kappa shape index (κ2) is 15.2. The Balaban J connectivity index is 0.878. The minimum atomic E-state index is 0.191. The Morgan fingerprint density at radius 1 is 0.286 bits per heavy atom. The van der Waals surface area contributed by atoms with Crippen LogP contribution in [0.4, 0.5) is 0 Å². The molecule has 0 spiro atoms. The van der Waals surface area contributed by atoms with Gasteiger partial charge in [-0.05, 0) is 152 Å². The average molecular weight is 891 g/mol. The van der Waals surface area contributed by atoms with Gasteiger partial charge in [0, 0.05) is 49.6 Å². The number of rotatable bonds is 6. The molecule has 3 nitrogen and oxygen atoms in total. The number of aromatic nitrogens is 2. The first kappa shape index (κ1) is 38.9. The van der Waals surface area contributed by atoms with Crippen LogP contribution in [0, 0.1) is 0 Å². The molecule has 11 aromatic carbocycles. The van der Waals surface area contributed by atoms with Crippen molar-refractivity contribution in [2.75, 3.05) is 0 Å². The quantitative estimate of drug-likeness (QED) is 0.163. The van der Waals surface area contributed by atoms with Gasteiger partial charge in [0.1, 0.15) is 11.2 Å². The zero-order valence-corrected chi connectivity index (χ0v) is 38.1. The molecule has 15 rings (SSSR count). The van der Waals surface area contributed by atoms with Crippen molar-refractivity contribution in [1.29, 1.82) is 0 Å². The second-order valence-corrected chi connectivity index (χ2v) is 18.8. The summed E-state index contributed by atoms with van der Waals surface area (Å²) >= 11 is 0. The molecule has 0 aliphatic heterocycles. The Kier molecular flexibility index (Phi) is 8.42. The Labute approximate surface area is 404 Å². The molecule has 0 bridgehead atoms. The third-order valence-electron chi connectivity index (χ3n) is 15.0. The number of para-hydroxylation sites is 3. The molecule has 1 unspecified atom stereocenters. The summed E-state index contributed by atoms with van der Waals surface area (Å²) in [7, 11) is 0. The van der Waals surface area contributed by atoms with Crippen LogP contribution >= 0.6 is 0 Å². The Morgan fingerprint density at radius 3 is 1.47 bits per heavy atom. The number of hydrogen-bond acceptors (Lipinski definition) is 1. The van der Waals surface area contributed by atoms with Gasteiger partial charge in [-0.1, -0.05) is 158 Å². The molecule has 0 saturated heterocycles. The molecule has 1 aliphatic rings. The molecule has 0 N–H and O–H groups in total. The van der Waals surface area contributed by atoms with E-state index in [-0.39, 0.29) is 5.92 Å². The van der Waals surface area contributed by atoms with Crippen molar-refractivity contribution < 1.29 is 4.42 Å². The highest BCUT2D eigenvalue weighted by Gasteiger charge is 2.30. The highest BCUT2D eigenvalue weighted by atomic mass is 16.3. The minimum absolute atomic E-state index is 0.191. The van der Waals surface area contributed by atoms with Gasteiger partial charge in [0.25, 0.3) is 0 Å². The molecule has 3 heterocycles. The maximum absolute atomic E-state index is 6.63. The zero-order chi connectivity index (χ0) is 45.9. The van der Waals surface area contributed by atoms with Gasteiger partial charge in [-0.25, -0.2) is 0 Å². The molecular weight excluding hydrogens is 849 g/mol. The molecule has 0 fully saturated rings. The van der Waals surface area contributed by atoms with Crippen molar-refractivity contribution in [1.82, 2.24) is 9.13 Å². The fraction of sp³-hybridized carbons (Fsp3) is 0.0149. The first-order valence-electron chi connectivity index (χ1n) is 24.2. The lowest BCUT2D eigenvalue weighted by atomic mass is 9.88. The smallest absolute Gasteiger partial charge is 0.136 e. The summed E-state index contributed by atoms with van der Waals surface area (Å²) in [5.41, 5.74) is 22.6. The minimum Gasteiger partial charge on any atom is -0.456 e. The van der Waals surface area contributed by atoms with Crippen LogP contribution in [0.25, 0.3) is 121 Å². The molecular formula is C67H42N2O. The van der Waals surface area contributed by atoms with Crippen molar-refractivity contribution in [3.63, 3.8) is 0 Å². The van der Waals surface area contributed by atoms with E-state index in [4.69, 9.17) is 4.42 Å².